The van der Waals surface area contributed by atoms with E-state index in [2.05, 4.69) is 21.0 Å². The SMILES string of the molecule is Cc1ccsc1-c1nn(C)c(C(=O)O)c1Br. The molecule has 0 amide bonds. The van der Waals surface area contributed by atoms with Gasteiger partial charge in [0.25, 0.3) is 0 Å². The number of carbonyl (C=O) groups is 1. The third kappa shape index (κ3) is 1.68. The molecule has 0 saturated heterocycles. The third-order valence-corrected chi connectivity index (χ3v) is 4.04. The van der Waals surface area contributed by atoms with Gasteiger partial charge in [-0.3, -0.25) is 4.68 Å². The van der Waals surface area contributed by atoms with Crippen LogP contribution >= 0.6 is 27.3 Å². The van der Waals surface area contributed by atoms with Crippen molar-refractivity contribution in [3.05, 3.63) is 27.2 Å². The van der Waals surface area contributed by atoms with Crippen LogP contribution in [0.15, 0.2) is 15.9 Å². The second-order valence-corrected chi connectivity index (χ2v) is 5.08. The number of carboxylic acids is 1. The highest BCUT2D eigenvalue weighted by Crippen LogP contribution is 2.35. The second-order valence-electron chi connectivity index (χ2n) is 3.37. The van der Waals surface area contributed by atoms with Crippen LogP contribution in [-0.2, 0) is 7.05 Å². The summed E-state index contributed by atoms with van der Waals surface area (Å²) >= 11 is 4.85. The largest absolute Gasteiger partial charge is 0.476 e. The van der Waals surface area contributed by atoms with Gasteiger partial charge in [-0.2, -0.15) is 5.10 Å². The van der Waals surface area contributed by atoms with Gasteiger partial charge >= 0.3 is 5.97 Å². The van der Waals surface area contributed by atoms with Gasteiger partial charge < -0.3 is 5.11 Å². The number of aromatic nitrogens is 2. The minimum atomic E-state index is -0.984. The standard InChI is InChI=1S/C10H9BrN2O2S/c1-5-3-4-16-9(5)7-6(11)8(10(14)15)13(2)12-7/h3-4H,1-2H3,(H,14,15). The Hall–Kier alpha value is -1.14. The van der Waals surface area contributed by atoms with Crippen LogP contribution < -0.4 is 0 Å². The maximum absolute atomic E-state index is 11.0. The summed E-state index contributed by atoms with van der Waals surface area (Å²) in [6.45, 7) is 1.98. The van der Waals surface area contributed by atoms with E-state index in [0.29, 0.717) is 10.2 Å². The lowest BCUT2D eigenvalue weighted by Gasteiger charge is -1.94. The van der Waals surface area contributed by atoms with Crippen molar-refractivity contribution in [3.63, 3.8) is 0 Å². The Labute approximate surface area is 105 Å². The Balaban J connectivity index is 2.65. The average Bonchev–Trinajstić information content (AvgIpc) is 2.70. The molecule has 0 aliphatic rings. The molecule has 0 unspecified atom stereocenters. The van der Waals surface area contributed by atoms with Crippen LogP contribution in [0.3, 0.4) is 0 Å². The highest BCUT2D eigenvalue weighted by molar-refractivity contribution is 9.10. The number of carboxylic acid groups (broad SMARTS) is 1. The van der Waals surface area contributed by atoms with Gasteiger partial charge in [-0.05, 0) is 39.9 Å². The number of aromatic carboxylic acids is 1. The smallest absolute Gasteiger partial charge is 0.355 e. The first-order chi connectivity index (χ1) is 7.52. The van der Waals surface area contributed by atoms with Crippen molar-refractivity contribution in [2.45, 2.75) is 6.92 Å². The lowest BCUT2D eigenvalue weighted by Crippen LogP contribution is -2.05. The van der Waals surface area contributed by atoms with Gasteiger partial charge in [0.1, 0.15) is 5.69 Å². The third-order valence-electron chi connectivity index (χ3n) is 2.27. The quantitative estimate of drug-likeness (QED) is 0.928. The fourth-order valence-electron chi connectivity index (χ4n) is 1.49. The second kappa shape index (κ2) is 4.03. The van der Waals surface area contributed by atoms with Crippen molar-refractivity contribution in [2.75, 3.05) is 0 Å². The Bertz CT molecular complexity index is 559. The molecule has 2 aromatic rings. The van der Waals surface area contributed by atoms with E-state index in [1.807, 2.05) is 18.4 Å². The fraction of sp³-hybridized carbons (Fsp3) is 0.200. The van der Waals surface area contributed by atoms with E-state index in [9.17, 15) is 4.79 Å². The summed E-state index contributed by atoms with van der Waals surface area (Å²) in [6.07, 6.45) is 0. The molecule has 6 heteroatoms. The number of hydrogen-bond acceptors (Lipinski definition) is 3. The van der Waals surface area contributed by atoms with Crippen LogP contribution in [0.1, 0.15) is 16.1 Å². The molecule has 0 aromatic carbocycles. The molecule has 0 saturated carbocycles. The number of thiophene rings is 1. The number of halogens is 1. The summed E-state index contributed by atoms with van der Waals surface area (Å²) in [5.74, 6) is -0.984. The molecular weight excluding hydrogens is 292 g/mol. The number of aryl methyl sites for hydroxylation is 2. The Morgan fingerprint density at radius 1 is 1.62 bits per heavy atom. The topological polar surface area (TPSA) is 55.1 Å². The van der Waals surface area contributed by atoms with Crippen molar-refractivity contribution in [1.29, 1.82) is 0 Å². The van der Waals surface area contributed by atoms with Crippen LogP contribution in [0, 0.1) is 6.92 Å². The van der Waals surface area contributed by atoms with Gasteiger partial charge in [-0.25, -0.2) is 4.79 Å². The zero-order valence-electron chi connectivity index (χ0n) is 8.69. The van der Waals surface area contributed by atoms with Crippen molar-refractivity contribution in [2.24, 2.45) is 7.05 Å². The Morgan fingerprint density at radius 2 is 2.31 bits per heavy atom. The fourth-order valence-corrected chi connectivity index (χ4v) is 3.24. The predicted molar refractivity (Wildman–Crippen MR) is 65.9 cm³/mol. The molecule has 0 aliphatic heterocycles. The van der Waals surface area contributed by atoms with E-state index in [1.165, 1.54) is 4.68 Å². The average molecular weight is 301 g/mol. The molecule has 0 aliphatic carbocycles. The molecule has 16 heavy (non-hydrogen) atoms. The summed E-state index contributed by atoms with van der Waals surface area (Å²) in [4.78, 5) is 12.0. The molecule has 2 rings (SSSR count). The minimum Gasteiger partial charge on any atom is -0.476 e. The molecule has 2 aromatic heterocycles. The van der Waals surface area contributed by atoms with Crippen molar-refractivity contribution in [1.82, 2.24) is 9.78 Å². The predicted octanol–water partition coefficient (Wildman–Crippen LogP) is 2.92. The zero-order valence-corrected chi connectivity index (χ0v) is 11.1. The lowest BCUT2D eigenvalue weighted by atomic mass is 10.2. The van der Waals surface area contributed by atoms with Crippen molar-refractivity contribution < 1.29 is 9.90 Å². The molecule has 4 nitrogen and oxygen atoms in total. The molecule has 0 bridgehead atoms. The van der Waals surface area contributed by atoms with Crippen molar-refractivity contribution >= 4 is 33.2 Å². The Morgan fingerprint density at radius 3 is 2.75 bits per heavy atom. The summed E-state index contributed by atoms with van der Waals surface area (Å²) in [7, 11) is 1.63. The van der Waals surface area contributed by atoms with Gasteiger partial charge in [0.05, 0.1) is 9.35 Å². The molecule has 0 fully saturated rings. The first kappa shape index (κ1) is 11.3. The molecule has 0 atom stereocenters. The highest BCUT2D eigenvalue weighted by Gasteiger charge is 2.21. The Kier molecular flexibility index (Phi) is 2.86. The summed E-state index contributed by atoms with van der Waals surface area (Å²) in [5.41, 5.74) is 1.95. The summed E-state index contributed by atoms with van der Waals surface area (Å²) < 4.78 is 1.91. The summed E-state index contributed by atoms with van der Waals surface area (Å²) in [6, 6.07) is 1.99. The van der Waals surface area contributed by atoms with E-state index in [0.717, 1.165) is 10.4 Å². The molecule has 84 valence electrons. The van der Waals surface area contributed by atoms with Crippen molar-refractivity contribution in [3.8, 4) is 10.6 Å². The van der Waals surface area contributed by atoms with E-state index in [4.69, 9.17) is 5.11 Å². The van der Waals surface area contributed by atoms with Crippen LogP contribution in [0.2, 0.25) is 0 Å². The molecule has 1 N–H and O–H groups in total. The van der Waals surface area contributed by atoms with Gasteiger partial charge in [-0.15, -0.1) is 11.3 Å². The number of nitrogens with zero attached hydrogens (tertiary/aromatic N) is 2. The normalized spacial score (nSPS) is 10.7. The monoisotopic (exact) mass is 300 g/mol. The maximum atomic E-state index is 11.0. The van der Waals surface area contributed by atoms with E-state index in [-0.39, 0.29) is 5.69 Å². The number of hydrogen-bond donors (Lipinski definition) is 1. The lowest BCUT2D eigenvalue weighted by molar-refractivity contribution is 0.0684. The first-order valence-corrected chi connectivity index (χ1v) is 6.20. The van der Waals surface area contributed by atoms with Gasteiger partial charge in [-0.1, -0.05) is 0 Å². The minimum absolute atomic E-state index is 0.169. The van der Waals surface area contributed by atoms with Gasteiger partial charge in [0.2, 0.25) is 0 Å². The molecule has 0 radical (unpaired) electrons. The van der Waals surface area contributed by atoms with Crippen LogP contribution in [0.4, 0.5) is 0 Å². The summed E-state index contributed by atoms with van der Waals surface area (Å²) in [5, 5.41) is 15.2. The van der Waals surface area contributed by atoms with E-state index >= 15 is 0 Å². The molecular formula is C10H9BrN2O2S. The molecule has 0 spiro atoms. The zero-order chi connectivity index (χ0) is 11.9. The van der Waals surface area contributed by atoms with Gasteiger partial charge in [0, 0.05) is 7.05 Å². The van der Waals surface area contributed by atoms with Crippen LogP contribution in [0.25, 0.3) is 10.6 Å². The van der Waals surface area contributed by atoms with Crippen LogP contribution in [-0.4, -0.2) is 20.9 Å². The molecule has 2 heterocycles. The van der Waals surface area contributed by atoms with E-state index < -0.39 is 5.97 Å². The number of rotatable bonds is 2. The highest BCUT2D eigenvalue weighted by atomic mass is 79.9. The van der Waals surface area contributed by atoms with E-state index in [1.54, 1.807) is 18.4 Å². The van der Waals surface area contributed by atoms with Gasteiger partial charge in [0.15, 0.2) is 5.69 Å². The maximum Gasteiger partial charge on any atom is 0.355 e. The first-order valence-electron chi connectivity index (χ1n) is 4.52. The van der Waals surface area contributed by atoms with Crippen LogP contribution in [0.5, 0.6) is 0 Å².